The molecular formula is C12H13NO2S2. The van der Waals surface area contributed by atoms with Crippen molar-refractivity contribution < 1.29 is 9.21 Å². The van der Waals surface area contributed by atoms with Crippen molar-refractivity contribution in [2.24, 2.45) is 0 Å². The first-order valence-electron chi connectivity index (χ1n) is 5.51. The summed E-state index contributed by atoms with van der Waals surface area (Å²) >= 11 is 6.54. The summed E-state index contributed by atoms with van der Waals surface area (Å²) < 4.78 is 5.83. The first kappa shape index (κ1) is 12.4. The predicted molar refractivity (Wildman–Crippen MR) is 73.5 cm³/mol. The lowest BCUT2D eigenvalue weighted by molar-refractivity contribution is -0.122. The highest BCUT2D eigenvalue weighted by Crippen LogP contribution is 2.32. The Bertz CT molecular complexity index is 451. The smallest absolute Gasteiger partial charge is 0.266 e. The predicted octanol–water partition coefficient (Wildman–Crippen LogP) is 3.28. The molecule has 5 heteroatoms. The van der Waals surface area contributed by atoms with Gasteiger partial charge in [-0.25, -0.2) is 0 Å². The van der Waals surface area contributed by atoms with Crippen LogP contribution in [-0.4, -0.2) is 21.7 Å². The lowest BCUT2D eigenvalue weighted by atomic mass is 10.3. The topological polar surface area (TPSA) is 33.5 Å². The number of amides is 1. The summed E-state index contributed by atoms with van der Waals surface area (Å²) in [6, 6.07) is 3.61. The monoisotopic (exact) mass is 267 g/mol. The molecule has 0 spiro atoms. The summed E-state index contributed by atoms with van der Waals surface area (Å²) in [4.78, 5) is 14.4. The summed E-state index contributed by atoms with van der Waals surface area (Å²) in [6.07, 6.45) is 5.35. The van der Waals surface area contributed by atoms with Gasteiger partial charge in [-0.3, -0.25) is 9.69 Å². The van der Waals surface area contributed by atoms with Gasteiger partial charge < -0.3 is 4.42 Å². The second kappa shape index (κ2) is 5.51. The van der Waals surface area contributed by atoms with Gasteiger partial charge in [-0.2, -0.15) is 0 Å². The number of hydrogen-bond donors (Lipinski definition) is 0. The van der Waals surface area contributed by atoms with Crippen molar-refractivity contribution in [3.8, 4) is 0 Å². The molecule has 1 amide bonds. The quantitative estimate of drug-likeness (QED) is 0.619. The fraction of sp³-hybridized carbons (Fsp3) is 0.333. The zero-order chi connectivity index (χ0) is 12.3. The summed E-state index contributed by atoms with van der Waals surface area (Å²) in [6.45, 7) is 2.80. The normalized spacial score (nSPS) is 18.4. The van der Waals surface area contributed by atoms with Crippen LogP contribution in [0.2, 0.25) is 0 Å². The van der Waals surface area contributed by atoms with Crippen LogP contribution in [0, 0.1) is 0 Å². The fourth-order valence-electron chi connectivity index (χ4n) is 1.51. The number of carbonyl (C=O) groups excluding carboxylic acids is 1. The van der Waals surface area contributed by atoms with Crippen molar-refractivity contribution in [1.29, 1.82) is 0 Å². The van der Waals surface area contributed by atoms with Gasteiger partial charge in [0.05, 0.1) is 11.2 Å². The van der Waals surface area contributed by atoms with Gasteiger partial charge in [0.2, 0.25) is 0 Å². The third-order valence-corrected chi connectivity index (χ3v) is 3.80. The molecule has 2 heterocycles. The van der Waals surface area contributed by atoms with Crippen LogP contribution in [0.5, 0.6) is 0 Å². The summed E-state index contributed by atoms with van der Waals surface area (Å²) in [5, 5.41) is 0. The van der Waals surface area contributed by atoms with Crippen molar-refractivity contribution in [2.75, 3.05) is 6.54 Å². The standard InChI is InChI=1S/C12H13NO2S2/c1-2-3-6-13-11(14)10(17-12(13)16)8-9-5-4-7-15-9/h4-5,7-8H,2-3,6H2,1H3. The molecule has 1 aromatic rings. The third kappa shape index (κ3) is 2.79. The molecule has 90 valence electrons. The molecule has 0 aliphatic carbocycles. The minimum atomic E-state index is -0.00940. The highest BCUT2D eigenvalue weighted by Gasteiger charge is 2.31. The van der Waals surface area contributed by atoms with Crippen LogP contribution in [-0.2, 0) is 4.79 Å². The van der Waals surface area contributed by atoms with Crippen LogP contribution in [0.1, 0.15) is 25.5 Å². The maximum absolute atomic E-state index is 12.1. The van der Waals surface area contributed by atoms with Crippen LogP contribution in [0.25, 0.3) is 6.08 Å². The molecule has 3 nitrogen and oxygen atoms in total. The molecule has 0 unspecified atom stereocenters. The minimum absolute atomic E-state index is 0.00940. The molecule has 1 saturated heterocycles. The molecule has 1 aliphatic rings. The van der Waals surface area contributed by atoms with E-state index in [9.17, 15) is 4.79 Å². The van der Waals surface area contributed by atoms with E-state index in [-0.39, 0.29) is 5.91 Å². The van der Waals surface area contributed by atoms with E-state index in [4.69, 9.17) is 16.6 Å². The molecule has 0 N–H and O–H groups in total. The van der Waals surface area contributed by atoms with Gasteiger partial charge in [0.25, 0.3) is 5.91 Å². The molecule has 1 aromatic heterocycles. The molecule has 1 fully saturated rings. The number of furan rings is 1. The number of carbonyl (C=O) groups is 1. The van der Waals surface area contributed by atoms with Gasteiger partial charge in [0.15, 0.2) is 0 Å². The third-order valence-electron chi connectivity index (χ3n) is 2.43. The highest BCUT2D eigenvalue weighted by atomic mass is 32.2. The molecule has 2 rings (SSSR count). The van der Waals surface area contributed by atoms with E-state index in [0.717, 1.165) is 12.8 Å². The Morgan fingerprint density at radius 1 is 1.59 bits per heavy atom. The minimum Gasteiger partial charge on any atom is -0.465 e. The number of thioether (sulfide) groups is 1. The number of rotatable bonds is 4. The Labute approximate surface area is 110 Å². The average molecular weight is 267 g/mol. The van der Waals surface area contributed by atoms with E-state index in [1.54, 1.807) is 23.3 Å². The second-order valence-corrected chi connectivity index (χ2v) is 5.38. The van der Waals surface area contributed by atoms with E-state index in [1.165, 1.54) is 11.8 Å². The van der Waals surface area contributed by atoms with Crippen LogP contribution in [0.15, 0.2) is 27.7 Å². The zero-order valence-electron chi connectivity index (χ0n) is 9.51. The van der Waals surface area contributed by atoms with Crippen molar-refractivity contribution >= 4 is 40.3 Å². The largest absolute Gasteiger partial charge is 0.465 e. The SMILES string of the molecule is CCCCN1C(=O)C(=Cc2ccco2)SC1=S. The van der Waals surface area contributed by atoms with Gasteiger partial charge in [-0.15, -0.1) is 0 Å². The van der Waals surface area contributed by atoms with Crippen LogP contribution < -0.4 is 0 Å². The van der Waals surface area contributed by atoms with E-state index in [1.807, 2.05) is 6.07 Å². The maximum Gasteiger partial charge on any atom is 0.266 e. The summed E-state index contributed by atoms with van der Waals surface area (Å²) in [7, 11) is 0. The lowest BCUT2D eigenvalue weighted by Gasteiger charge is -2.12. The summed E-state index contributed by atoms with van der Waals surface area (Å²) in [5.41, 5.74) is 0. The molecule has 0 aromatic carbocycles. The van der Waals surface area contributed by atoms with Crippen molar-refractivity contribution in [2.45, 2.75) is 19.8 Å². The first-order valence-corrected chi connectivity index (χ1v) is 6.73. The van der Waals surface area contributed by atoms with Crippen LogP contribution >= 0.6 is 24.0 Å². The molecule has 1 aliphatic heterocycles. The highest BCUT2D eigenvalue weighted by molar-refractivity contribution is 8.26. The summed E-state index contributed by atoms with van der Waals surface area (Å²) in [5.74, 6) is 0.672. The van der Waals surface area contributed by atoms with Crippen LogP contribution in [0.4, 0.5) is 0 Å². The molecule has 17 heavy (non-hydrogen) atoms. The molecule has 0 atom stereocenters. The van der Waals surface area contributed by atoms with E-state index < -0.39 is 0 Å². The molecule has 0 saturated carbocycles. The molecule has 0 bridgehead atoms. The van der Waals surface area contributed by atoms with Gasteiger partial charge in [-0.05, 0) is 18.6 Å². The van der Waals surface area contributed by atoms with Gasteiger partial charge in [0.1, 0.15) is 10.1 Å². The Morgan fingerprint density at radius 2 is 2.41 bits per heavy atom. The van der Waals surface area contributed by atoms with E-state index in [0.29, 0.717) is 21.5 Å². The van der Waals surface area contributed by atoms with Crippen LogP contribution in [0.3, 0.4) is 0 Å². The Morgan fingerprint density at radius 3 is 3.06 bits per heavy atom. The fourth-order valence-corrected chi connectivity index (χ4v) is 2.80. The first-order chi connectivity index (χ1) is 8.22. The second-order valence-electron chi connectivity index (χ2n) is 3.70. The Balaban J connectivity index is 2.13. The van der Waals surface area contributed by atoms with E-state index >= 15 is 0 Å². The number of hydrogen-bond acceptors (Lipinski definition) is 4. The Kier molecular flexibility index (Phi) is 4.02. The van der Waals surface area contributed by atoms with Crippen molar-refractivity contribution in [1.82, 2.24) is 4.90 Å². The molecule has 0 radical (unpaired) electrons. The Hall–Kier alpha value is -1.07. The van der Waals surface area contributed by atoms with Gasteiger partial charge >= 0.3 is 0 Å². The molecular weight excluding hydrogens is 254 g/mol. The maximum atomic E-state index is 12.1. The lowest BCUT2D eigenvalue weighted by Crippen LogP contribution is -2.28. The van der Waals surface area contributed by atoms with Gasteiger partial charge in [-0.1, -0.05) is 37.3 Å². The van der Waals surface area contributed by atoms with Gasteiger partial charge in [0, 0.05) is 12.6 Å². The zero-order valence-corrected chi connectivity index (χ0v) is 11.1. The number of nitrogens with zero attached hydrogens (tertiary/aromatic N) is 1. The number of unbranched alkanes of at least 4 members (excludes halogenated alkanes) is 1. The number of thiocarbonyl (C=S) groups is 1. The van der Waals surface area contributed by atoms with Crippen molar-refractivity contribution in [3.05, 3.63) is 29.1 Å². The van der Waals surface area contributed by atoms with Crippen molar-refractivity contribution in [3.63, 3.8) is 0 Å². The average Bonchev–Trinajstić information content (AvgIpc) is 2.89. The van der Waals surface area contributed by atoms with E-state index in [2.05, 4.69) is 6.92 Å².